The molecule has 4 atom stereocenters. The van der Waals surface area contributed by atoms with Gasteiger partial charge in [0.15, 0.2) is 0 Å². The molecular weight excluding hydrogens is 456 g/mol. The number of benzene rings is 1. The highest BCUT2D eigenvalue weighted by Gasteiger charge is 2.39. The van der Waals surface area contributed by atoms with Crippen LogP contribution in [-0.2, 0) is 20.7 Å². The molecule has 196 valence electrons. The molecule has 2 aliphatic heterocycles. The second-order valence-corrected chi connectivity index (χ2v) is 9.78. The molecule has 0 unspecified atom stereocenters. The van der Waals surface area contributed by atoms with Gasteiger partial charge in [-0.2, -0.15) is 0 Å². The third-order valence-electron chi connectivity index (χ3n) is 6.86. The van der Waals surface area contributed by atoms with Crippen LogP contribution >= 0.6 is 0 Å². The first-order chi connectivity index (χ1) is 16.8. The number of halogens is 2. The van der Waals surface area contributed by atoms with Crippen LogP contribution in [0.3, 0.4) is 0 Å². The molecule has 0 aliphatic carbocycles. The van der Waals surface area contributed by atoms with Crippen molar-refractivity contribution in [3.8, 4) is 0 Å². The number of likely N-dealkylation sites (tertiary alicyclic amines) is 1. The largest absolute Gasteiger partial charge is 0.389 e. The molecule has 1 aromatic rings. The average Bonchev–Trinajstić information content (AvgIpc) is 3.24. The number of carbonyl (C=O) groups is 2. The molecule has 3 N–H and O–H groups in total. The highest BCUT2D eigenvalue weighted by atomic mass is 19.1. The van der Waals surface area contributed by atoms with E-state index in [1.165, 1.54) is 12.1 Å². The standard InChI is InChI=1S/C26H39F2N3O4/c1-3-5-7-24(32)31-15-18(16-31)26(34)30-23(11-17-9-19(27)12-20(28)10-17)25(33)22-13-21(14-29-22)35-8-6-4-2/h9-10,12,18,21-23,25,29,33H,3-8,11,13-16H2,1-2H3,(H,30,34)/t21-,22-,23+,25-/m1/s1. The van der Waals surface area contributed by atoms with Crippen molar-refractivity contribution in [2.24, 2.45) is 5.92 Å². The number of nitrogens with one attached hydrogen (secondary N) is 2. The number of hydrogen-bond acceptors (Lipinski definition) is 5. The van der Waals surface area contributed by atoms with Crippen molar-refractivity contribution >= 4 is 11.8 Å². The lowest BCUT2D eigenvalue weighted by molar-refractivity contribution is -0.143. The topological polar surface area (TPSA) is 90.9 Å². The van der Waals surface area contributed by atoms with E-state index in [1.807, 2.05) is 6.92 Å². The first-order valence-corrected chi connectivity index (χ1v) is 12.9. The Morgan fingerprint density at radius 3 is 2.51 bits per heavy atom. The van der Waals surface area contributed by atoms with Crippen LogP contribution < -0.4 is 10.6 Å². The molecule has 2 heterocycles. The molecule has 1 aromatic carbocycles. The smallest absolute Gasteiger partial charge is 0.227 e. The number of unbranched alkanes of at least 4 members (excludes halogenated alkanes) is 2. The van der Waals surface area contributed by atoms with Crippen LogP contribution in [0.1, 0.15) is 57.9 Å². The Bertz CT molecular complexity index is 830. The van der Waals surface area contributed by atoms with E-state index in [9.17, 15) is 23.5 Å². The second-order valence-electron chi connectivity index (χ2n) is 9.78. The zero-order chi connectivity index (χ0) is 25.4. The van der Waals surface area contributed by atoms with Gasteiger partial charge in [0.2, 0.25) is 11.8 Å². The van der Waals surface area contributed by atoms with Crippen molar-refractivity contribution in [1.29, 1.82) is 0 Å². The number of nitrogens with zero attached hydrogens (tertiary/aromatic N) is 1. The van der Waals surface area contributed by atoms with Crippen LogP contribution in [0.25, 0.3) is 0 Å². The van der Waals surface area contributed by atoms with Gasteiger partial charge in [-0.1, -0.05) is 26.7 Å². The molecule has 3 rings (SSSR count). The van der Waals surface area contributed by atoms with Crippen molar-refractivity contribution in [1.82, 2.24) is 15.5 Å². The number of rotatable bonds is 13. The maximum absolute atomic E-state index is 13.8. The Morgan fingerprint density at radius 2 is 1.86 bits per heavy atom. The summed E-state index contributed by atoms with van der Waals surface area (Å²) >= 11 is 0. The summed E-state index contributed by atoms with van der Waals surface area (Å²) in [6, 6.07) is 2.15. The normalized spacial score (nSPS) is 22.0. The molecule has 2 fully saturated rings. The Labute approximate surface area is 206 Å². The quantitative estimate of drug-likeness (QED) is 0.366. The molecule has 7 nitrogen and oxygen atoms in total. The predicted octanol–water partition coefficient (Wildman–Crippen LogP) is 2.55. The molecule has 0 spiro atoms. The number of carbonyl (C=O) groups excluding carboxylic acids is 2. The van der Waals surface area contributed by atoms with Gasteiger partial charge in [0.1, 0.15) is 11.6 Å². The monoisotopic (exact) mass is 495 g/mol. The Hall–Kier alpha value is -2.10. The summed E-state index contributed by atoms with van der Waals surface area (Å²) in [7, 11) is 0. The summed E-state index contributed by atoms with van der Waals surface area (Å²) < 4.78 is 33.4. The summed E-state index contributed by atoms with van der Waals surface area (Å²) in [5.74, 6) is -1.99. The molecule has 2 aliphatic rings. The number of ether oxygens (including phenoxy) is 1. The third kappa shape index (κ3) is 7.95. The van der Waals surface area contributed by atoms with Crippen molar-refractivity contribution in [3.63, 3.8) is 0 Å². The van der Waals surface area contributed by atoms with Gasteiger partial charge in [0, 0.05) is 44.8 Å². The zero-order valence-electron chi connectivity index (χ0n) is 20.8. The molecule has 35 heavy (non-hydrogen) atoms. The van der Waals surface area contributed by atoms with Crippen LogP contribution in [0.4, 0.5) is 8.78 Å². The summed E-state index contributed by atoms with van der Waals surface area (Å²) in [5, 5.41) is 17.3. The van der Waals surface area contributed by atoms with Gasteiger partial charge in [0.25, 0.3) is 0 Å². The van der Waals surface area contributed by atoms with Gasteiger partial charge < -0.3 is 25.4 Å². The average molecular weight is 496 g/mol. The maximum Gasteiger partial charge on any atom is 0.227 e. The van der Waals surface area contributed by atoms with E-state index in [4.69, 9.17) is 4.74 Å². The van der Waals surface area contributed by atoms with Gasteiger partial charge in [-0.15, -0.1) is 0 Å². The highest BCUT2D eigenvalue weighted by molar-refractivity contribution is 5.84. The Kier molecular flexibility index (Phi) is 10.4. The van der Waals surface area contributed by atoms with E-state index in [0.717, 1.165) is 31.7 Å². The van der Waals surface area contributed by atoms with E-state index in [2.05, 4.69) is 17.6 Å². The number of amides is 2. The molecule has 0 bridgehead atoms. The highest BCUT2D eigenvalue weighted by Crippen LogP contribution is 2.22. The van der Waals surface area contributed by atoms with Crippen LogP contribution in [-0.4, -0.2) is 72.4 Å². The maximum atomic E-state index is 13.8. The molecule has 0 radical (unpaired) electrons. The SMILES string of the molecule is CCCCO[C@H]1CN[C@@H]([C@@H](O)[C@H](Cc2cc(F)cc(F)c2)NC(=O)C2CN(C(=O)CCCC)C2)C1. The minimum absolute atomic E-state index is 0.0292. The number of aliphatic hydroxyl groups is 1. The molecular formula is C26H39F2N3O4. The van der Waals surface area contributed by atoms with Gasteiger partial charge in [0.05, 0.1) is 24.2 Å². The minimum Gasteiger partial charge on any atom is -0.389 e. The lowest BCUT2D eigenvalue weighted by Gasteiger charge is -2.39. The van der Waals surface area contributed by atoms with Crippen molar-refractivity contribution in [2.45, 2.75) is 83.1 Å². The van der Waals surface area contributed by atoms with Crippen LogP contribution in [0.5, 0.6) is 0 Å². The van der Waals surface area contributed by atoms with E-state index in [1.54, 1.807) is 4.90 Å². The fraction of sp³-hybridized carbons (Fsp3) is 0.692. The zero-order valence-corrected chi connectivity index (χ0v) is 20.8. The number of hydrogen-bond donors (Lipinski definition) is 3. The molecule has 0 saturated carbocycles. The summed E-state index contributed by atoms with van der Waals surface area (Å²) in [4.78, 5) is 26.8. The number of aliphatic hydroxyl groups excluding tert-OH is 1. The molecule has 2 saturated heterocycles. The second kappa shape index (κ2) is 13.3. The Balaban J connectivity index is 1.62. The van der Waals surface area contributed by atoms with E-state index < -0.39 is 23.8 Å². The van der Waals surface area contributed by atoms with E-state index >= 15 is 0 Å². The third-order valence-corrected chi connectivity index (χ3v) is 6.86. The molecule has 9 heteroatoms. The van der Waals surface area contributed by atoms with E-state index in [-0.39, 0.29) is 36.3 Å². The van der Waals surface area contributed by atoms with E-state index in [0.29, 0.717) is 44.6 Å². The van der Waals surface area contributed by atoms with Crippen molar-refractivity contribution in [2.75, 3.05) is 26.2 Å². The van der Waals surface area contributed by atoms with Crippen molar-refractivity contribution in [3.05, 3.63) is 35.4 Å². The van der Waals surface area contributed by atoms with Crippen LogP contribution in [0.15, 0.2) is 18.2 Å². The van der Waals surface area contributed by atoms with Gasteiger partial charge in [-0.3, -0.25) is 9.59 Å². The fourth-order valence-corrected chi connectivity index (χ4v) is 4.67. The first-order valence-electron chi connectivity index (χ1n) is 12.9. The first kappa shape index (κ1) is 27.5. The Morgan fingerprint density at radius 1 is 1.17 bits per heavy atom. The summed E-state index contributed by atoms with van der Waals surface area (Å²) in [5.41, 5.74) is 0.352. The van der Waals surface area contributed by atoms with Crippen LogP contribution in [0, 0.1) is 17.6 Å². The summed E-state index contributed by atoms with van der Waals surface area (Å²) in [6.45, 7) is 6.06. The van der Waals surface area contributed by atoms with Crippen LogP contribution in [0.2, 0.25) is 0 Å². The molecule has 0 aromatic heterocycles. The van der Waals surface area contributed by atoms with Gasteiger partial charge in [-0.25, -0.2) is 8.78 Å². The lowest BCUT2D eigenvalue weighted by atomic mass is 9.92. The van der Waals surface area contributed by atoms with Gasteiger partial charge >= 0.3 is 0 Å². The van der Waals surface area contributed by atoms with Gasteiger partial charge in [-0.05, 0) is 43.4 Å². The lowest BCUT2D eigenvalue weighted by Crippen LogP contribution is -2.59. The van der Waals surface area contributed by atoms with Crippen molar-refractivity contribution < 1.29 is 28.2 Å². The summed E-state index contributed by atoms with van der Waals surface area (Å²) in [6.07, 6.45) is 3.88. The fourth-order valence-electron chi connectivity index (χ4n) is 4.67. The predicted molar refractivity (Wildman–Crippen MR) is 129 cm³/mol. The molecule has 2 amide bonds. The minimum atomic E-state index is -0.979.